The van der Waals surface area contributed by atoms with E-state index in [1.54, 1.807) is 30.3 Å². The predicted octanol–water partition coefficient (Wildman–Crippen LogP) is 3.85. The maximum atomic E-state index is 12.6. The molecule has 1 aromatic heterocycles. The first-order valence-corrected chi connectivity index (χ1v) is 11.4. The van der Waals surface area contributed by atoms with Gasteiger partial charge in [0.1, 0.15) is 23.8 Å². The number of nitro groups is 1. The molecule has 0 bridgehead atoms. The molecule has 13 nitrogen and oxygen atoms in total. The van der Waals surface area contributed by atoms with Crippen LogP contribution in [0.15, 0.2) is 52.4 Å². The van der Waals surface area contributed by atoms with E-state index < -0.39 is 10.5 Å². The summed E-state index contributed by atoms with van der Waals surface area (Å²) >= 11 is 0. The summed E-state index contributed by atoms with van der Waals surface area (Å²) in [7, 11) is 1.46. The minimum Gasteiger partial charge on any atom is -0.497 e. The van der Waals surface area contributed by atoms with E-state index in [0.29, 0.717) is 69.9 Å². The van der Waals surface area contributed by atoms with Gasteiger partial charge in [0.05, 0.1) is 62.4 Å². The van der Waals surface area contributed by atoms with Crippen molar-refractivity contribution in [3.63, 3.8) is 0 Å². The molecule has 2 aromatic carbocycles. The first-order chi connectivity index (χ1) is 18.0. The van der Waals surface area contributed by atoms with Crippen molar-refractivity contribution >= 4 is 16.5 Å². The van der Waals surface area contributed by atoms with Crippen LogP contribution in [-0.4, -0.2) is 69.8 Å². The zero-order chi connectivity index (χ0) is 26.5. The minimum absolute atomic E-state index is 0.114. The Labute approximate surface area is 211 Å². The summed E-state index contributed by atoms with van der Waals surface area (Å²) in [4.78, 5) is 29.3. The molecule has 0 saturated heterocycles. The molecule has 0 unspecified atom stereocenters. The highest BCUT2D eigenvalue weighted by Gasteiger charge is 2.23. The van der Waals surface area contributed by atoms with Crippen molar-refractivity contribution in [3.05, 3.63) is 73.4 Å². The van der Waals surface area contributed by atoms with Crippen LogP contribution < -0.4 is 15.0 Å². The largest absolute Gasteiger partial charge is 0.497 e. The topological polar surface area (TPSA) is 171 Å². The zero-order valence-electron chi connectivity index (χ0n) is 20.3. The first kappa shape index (κ1) is 27.4. The summed E-state index contributed by atoms with van der Waals surface area (Å²) in [5, 5.41) is 15.6. The average Bonchev–Trinajstić information content (AvgIpc) is 2.91. The summed E-state index contributed by atoms with van der Waals surface area (Å²) in [5.41, 5.74) is 8.09. The molecule has 13 heteroatoms. The second-order valence-corrected chi connectivity index (χ2v) is 7.51. The fourth-order valence-electron chi connectivity index (χ4n) is 3.45. The summed E-state index contributed by atoms with van der Waals surface area (Å²) in [6.07, 6.45) is 0. The molecule has 0 amide bonds. The van der Waals surface area contributed by atoms with Gasteiger partial charge in [0.15, 0.2) is 0 Å². The molecule has 1 heterocycles. The van der Waals surface area contributed by atoms with E-state index in [0.717, 1.165) is 0 Å². The molecule has 3 rings (SSSR count). The fraction of sp³-hybridized carbons (Fsp3) is 0.375. The number of benzene rings is 2. The van der Waals surface area contributed by atoms with Crippen molar-refractivity contribution < 1.29 is 28.6 Å². The van der Waals surface area contributed by atoms with Crippen LogP contribution in [0.1, 0.15) is 0 Å². The molecule has 0 aliphatic rings. The van der Waals surface area contributed by atoms with Crippen LogP contribution >= 0.6 is 0 Å². The SMILES string of the molecule is COc1ccc2c([N+](=O)[O-])c(-c3ccc(OCCOCCOCCOCCN=[N+]=[N-])cc3)[nH]c(=O)c2c1. The number of hydrogen-bond donors (Lipinski definition) is 1. The van der Waals surface area contributed by atoms with E-state index in [2.05, 4.69) is 15.0 Å². The van der Waals surface area contributed by atoms with E-state index in [1.165, 1.54) is 19.2 Å². The van der Waals surface area contributed by atoms with Gasteiger partial charge < -0.3 is 28.7 Å². The number of nitrogens with one attached hydrogen (secondary N) is 1. The Morgan fingerprint density at radius 2 is 1.54 bits per heavy atom. The third kappa shape index (κ3) is 7.92. The van der Waals surface area contributed by atoms with Gasteiger partial charge in [0.25, 0.3) is 5.56 Å². The molecule has 0 saturated carbocycles. The standard InChI is InChI=1S/C24H27N5O8/c1-33-19-6-7-20-21(16-19)24(30)27-22(23(20)29(31)32)17-2-4-18(5-3-17)37-15-14-36-13-12-35-11-10-34-9-8-26-28-25/h2-7,16H,8-15H2,1H3,(H,27,30). The molecule has 196 valence electrons. The van der Waals surface area contributed by atoms with E-state index in [9.17, 15) is 14.9 Å². The van der Waals surface area contributed by atoms with Crippen LogP contribution in [0.25, 0.3) is 32.5 Å². The second-order valence-electron chi connectivity index (χ2n) is 7.51. The highest BCUT2D eigenvalue weighted by Crippen LogP contribution is 2.34. The first-order valence-electron chi connectivity index (χ1n) is 11.4. The third-order valence-corrected chi connectivity index (χ3v) is 5.17. The number of pyridine rings is 1. The van der Waals surface area contributed by atoms with E-state index in [4.69, 9.17) is 29.2 Å². The van der Waals surface area contributed by atoms with Gasteiger partial charge in [-0.1, -0.05) is 5.11 Å². The van der Waals surface area contributed by atoms with Crippen LogP contribution in [0.2, 0.25) is 0 Å². The summed E-state index contributed by atoms with van der Waals surface area (Å²) < 4.78 is 26.8. The van der Waals surface area contributed by atoms with Gasteiger partial charge in [0, 0.05) is 17.0 Å². The molecule has 0 aliphatic carbocycles. The lowest BCUT2D eigenvalue weighted by Crippen LogP contribution is -2.13. The maximum absolute atomic E-state index is 12.6. The van der Waals surface area contributed by atoms with Crippen molar-refractivity contribution in [2.75, 3.05) is 59.9 Å². The van der Waals surface area contributed by atoms with Crippen LogP contribution in [-0.2, 0) is 14.2 Å². The summed E-state index contributed by atoms with van der Waals surface area (Å²) in [6, 6.07) is 11.2. The normalized spacial score (nSPS) is 10.7. The second kappa shape index (κ2) is 14.4. The number of rotatable bonds is 16. The lowest BCUT2D eigenvalue weighted by Gasteiger charge is -2.10. The lowest BCUT2D eigenvalue weighted by atomic mass is 10.0. The van der Waals surface area contributed by atoms with Crippen LogP contribution in [0.4, 0.5) is 5.69 Å². The Morgan fingerprint density at radius 3 is 2.16 bits per heavy atom. The Bertz CT molecular complexity index is 1290. The number of azide groups is 1. The minimum atomic E-state index is -0.509. The van der Waals surface area contributed by atoms with Gasteiger partial charge >= 0.3 is 5.69 Å². The Morgan fingerprint density at radius 1 is 0.919 bits per heavy atom. The quantitative estimate of drug-likeness (QED) is 0.0751. The summed E-state index contributed by atoms with van der Waals surface area (Å²) in [5.74, 6) is 0.986. The molecule has 0 aliphatic heterocycles. The summed E-state index contributed by atoms with van der Waals surface area (Å²) in [6.45, 7) is 2.92. The molecule has 1 N–H and O–H groups in total. The van der Waals surface area contributed by atoms with Gasteiger partial charge in [-0.25, -0.2) is 0 Å². The van der Waals surface area contributed by atoms with Crippen molar-refractivity contribution in [3.8, 4) is 22.8 Å². The van der Waals surface area contributed by atoms with Crippen LogP contribution in [0, 0.1) is 10.1 Å². The van der Waals surface area contributed by atoms with E-state index in [-0.39, 0.29) is 22.2 Å². The highest BCUT2D eigenvalue weighted by molar-refractivity contribution is 5.96. The maximum Gasteiger partial charge on any atom is 0.301 e. The number of fused-ring (bicyclic) bond motifs is 1. The number of aromatic amines is 1. The Hall–Kier alpha value is -4.16. The number of nitrogens with zero attached hydrogens (tertiary/aromatic N) is 4. The molecule has 0 fully saturated rings. The third-order valence-electron chi connectivity index (χ3n) is 5.17. The molecule has 0 atom stereocenters. The Kier molecular flexibility index (Phi) is 10.7. The van der Waals surface area contributed by atoms with Gasteiger partial charge in [-0.05, 0) is 48.0 Å². The fourth-order valence-corrected chi connectivity index (χ4v) is 3.45. The molecular formula is C24H27N5O8. The molecule has 0 spiro atoms. The lowest BCUT2D eigenvalue weighted by molar-refractivity contribution is -0.382. The number of hydrogen-bond acceptors (Lipinski definition) is 9. The highest BCUT2D eigenvalue weighted by atomic mass is 16.6. The van der Waals surface area contributed by atoms with E-state index >= 15 is 0 Å². The molecular weight excluding hydrogens is 486 g/mol. The molecule has 37 heavy (non-hydrogen) atoms. The van der Waals surface area contributed by atoms with Crippen LogP contribution in [0.5, 0.6) is 11.5 Å². The number of H-pyrrole nitrogens is 1. The molecule has 0 radical (unpaired) electrons. The van der Waals surface area contributed by atoms with Crippen molar-refractivity contribution in [1.82, 2.24) is 4.98 Å². The van der Waals surface area contributed by atoms with Gasteiger partial charge in [0.2, 0.25) is 0 Å². The number of ether oxygens (including phenoxy) is 5. The van der Waals surface area contributed by atoms with Crippen molar-refractivity contribution in [1.29, 1.82) is 0 Å². The number of aromatic nitrogens is 1. The van der Waals surface area contributed by atoms with Crippen molar-refractivity contribution in [2.24, 2.45) is 5.11 Å². The zero-order valence-corrected chi connectivity index (χ0v) is 20.3. The van der Waals surface area contributed by atoms with Crippen LogP contribution in [0.3, 0.4) is 0 Å². The monoisotopic (exact) mass is 513 g/mol. The van der Waals surface area contributed by atoms with Gasteiger partial charge in [-0.3, -0.25) is 14.9 Å². The smallest absolute Gasteiger partial charge is 0.301 e. The predicted molar refractivity (Wildman–Crippen MR) is 135 cm³/mol. The molecule has 3 aromatic rings. The Balaban J connectivity index is 1.48. The average molecular weight is 514 g/mol. The van der Waals surface area contributed by atoms with E-state index in [1.807, 2.05) is 0 Å². The van der Waals surface area contributed by atoms with Gasteiger partial charge in [-0.2, -0.15) is 0 Å². The van der Waals surface area contributed by atoms with Gasteiger partial charge in [-0.15, -0.1) is 0 Å². The number of methoxy groups -OCH3 is 1. The van der Waals surface area contributed by atoms with Crippen molar-refractivity contribution in [2.45, 2.75) is 0 Å².